The normalized spacial score (nSPS) is 10.7. The Balaban J connectivity index is 4.04. The molecule has 0 aromatic heterocycles. The molecule has 0 unspecified atom stereocenters. The summed E-state index contributed by atoms with van der Waals surface area (Å²) in [5.74, 6) is 0.259. The zero-order valence-electron chi connectivity index (χ0n) is 11.2. The molecule has 0 aliphatic carbocycles. The van der Waals surface area contributed by atoms with Gasteiger partial charge in [0.15, 0.2) is 0 Å². The highest BCUT2D eigenvalue weighted by Gasteiger charge is 2.14. The highest BCUT2D eigenvalue weighted by atomic mass is 31.1. The molecule has 0 rings (SSSR count). The summed E-state index contributed by atoms with van der Waals surface area (Å²) >= 11 is 0. The van der Waals surface area contributed by atoms with E-state index >= 15 is 0 Å². The van der Waals surface area contributed by atoms with Gasteiger partial charge in [-0.25, -0.2) is 0 Å². The van der Waals surface area contributed by atoms with Gasteiger partial charge in [-0.15, -0.1) is 7.92 Å². The monoisotopic (exact) mass is 262 g/mol. The van der Waals surface area contributed by atoms with Crippen molar-refractivity contribution in [3.63, 3.8) is 0 Å². The Morgan fingerprint density at radius 2 is 1.41 bits per heavy atom. The van der Waals surface area contributed by atoms with Crippen molar-refractivity contribution in [1.29, 1.82) is 0 Å². The first-order chi connectivity index (χ1) is 7.99. The minimum Gasteiger partial charge on any atom is -0.469 e. The Morgan fingerprint density at radius 3 is 1.71 bits per heavy atom. The molecule has 0 amide bonds. The van der Waals surface area contributed by atoms with E-state index in [0.29, 0.717) is 18.8 Å². The highest BCUT2D eigenvalue weighted by Crippen LogP contribution is 2.39. The maximum atomic E-state index is 11.1. The SMILES string of the molecule is COC(=O)CCP(CCC(=O)OC)CC(C)C. The first kappa shape index (κ1) is 16.4. The molecule has 17 heavy (non-hydrogen) atoms. The fraction of sp³-hybridized carbons (Fsp3) is 0.833. The second kappa shape index (κ2) is 9.41. The van der Waals surface area contributed by atoms with Gasteiger partial charge in [0, 0.05) is 12.8 Å². The van der Waals surface area contributed by atoms with E-state index in [-0.39, 0.29) is 19.9 Å². The summed E-state index contributed by atoms with van der Waals surface area (Å²) < 4.78 is 9.26. The van der Waals surface area contributed by atoms with Crippen molar-refractivity contribution in [2.75, 3.05) is 32.7 Å². The van der Waals surface area contributed by atoms with E-state index < -0.39 is 0 Å². The lowest BCUT2D eigenvalue weighted by Crippen LogP contribution is -2.09. The lowest BCUT2D eigenvalue weighted by molar-refractivity contribution is -0.140. The van der Waals surface area contributed by atoms with Gasteiger partial charge in [-0.3, -0.25) is 9.59 Å². The van der Waals surface area contributed by atoms with Gasteiger partial charge in [0.1, 0.15) is 0 Å². The Bertz CT molecular complexity index is 221. The molecular weight excluding hydrogens is 239 g/mol. The molecule has 0 heterocycles. The van der Waals surface area contributed by atoms with Crippen molar-refractivity contribution in [1.82, 2.24) is 0 Å². The Labute approximate surface area is 105 Å². The number of rotatable bonds is 8. The minimum atomic E-state index is -0.278. The van der Waals surface area contributed by atoms with Gasteiger partial charge < -0.3 is 9.47 Å². The molecular formula is C12H23O4P. The topological polar surface area (TPSA) is 52.6 Å². The first-order valence-electron chi connectivity index (χ1n) is 5.85. The molecule has 0 aromatic carbocycles. The highest BCUT2D eigenvalue weighted by molar-refractivity contribution is 7.57. The van der Waals surface area contributed by atoms with Gasteiger partial charge in [0.05, 0.1) is 14.2 Å². The number of hydrogen-bond donors (Lipinski definition) is 0. The summed E-state index contributed by atoms with van der Waals surface area (Å²) in [5, 5.41) is 0. The van der Waals surface area contributed by atoms with Crippen LogP contribution in [-0.2, 0) is 19.1 Å². The van der Waals surface area contributed by atoms with Gasteiger partial charge in [0.25, 0.3) is 0 Å². The van der Waals surface area contributed by atoms with Crippen LogP contribution in [0.15, 0.2) is 0 Å². The summed E-state index contributed by atoms with van der Waals surface area (Å²) in [6.07, 6.45) is 3.68. The van der Waals surface area contributed by atoms with Gasteiger partial charge in [-0.05, 0) is 24.4 Å². The number of hydrogen-bond acceptors (Lipinski definition) is 4. The van der Waals surface area contributed by atoms with Crippen LogP contribution in [0.5, 0.6) is 0 Å². The van der Waals surface area contributed by atoms with E-state index in [1.165, 1.54) is 14.2 Å². The van der Waals surface area contributed by atoms with Gasteiger partial charge >= 0.3 is 11.9 Å². The molecule has 0 N–H and O–H groups in total. The van der Waals surface area contributed by atoms with Crippen molar-refractivity contribution in [2.24, 2.45) is 5.92 Å². The third kappa shape index (κ3) is 9.11. The molecule has 100 valence electrons. The van der Waals surface area contributed by atoms with Crippen molar-refractivity contribution >= 4 is 19.9 Å². The third-order valence-corrected chi connectivity index (χ3v) is 5.30. The van der Waals surface area contributed by atoms with Gasteiger partial charge in [-0.1, -0.05) is 13.8 Å². The second-order valence-corrected chi connectivity index (χ2v) is 6.95. The van der Waals surface area contributed by atoms with Crippen LogP contribution in [0.1, 0.15) is 26.7 Å². The molecule has 0 atom stereocenters. The van der Waals surface area contributed by atoms with E-state index in [1.54, 1.807) is 0 Å². The summed E-state index contributed by atoms with van der Waals surface area (Å²) in [4.78, 5) is 22.2. The van der Waals surface area contributed by atoms with Crippen LogP contribution in [0.25, 0.3) is 0 Å². The van der Waals surface area contributed by atoms with Crippen LogP contribution in [0.3, 0.4) is 0 Å². The van der Waals surface area contributed by atoms with E-state index in [4.69, 9.17) is 0 Å². The second-order valence-electron chi connectivity index (χ2n) is 4.35. The van der Waals surface area contributed by atoms with Crippen molar-refractivity contribution in [3.8, 4) is 0 Å². The maximum absolute atomic E-state index is 11.1. The van der Waals surface area contributed by atoms with E-state index in [9.17, 15) is 9.59 Å². The molecule has 0 radical (unpaired) electrons. The van der Waals surface area contributed by atoms with E-state index in [1.807, 2.05) is 0 Å². The molecule has 0 saturated heterocycles. The molecule has 5 heteroatoms. The van der Waals surface area contributed by atoms with Crippen LogP contribution in [0, 0.1) is 5.92 Å². The molecule has 0 bridgehead atoms. The van der Waals surface area contributed by atoms with E-state index in [2.05, 4.69) is 23.3 Å². The number of esters is 2. The predicted octanol–water partition coefficient (Wildman–Crippen LogP) is 2.25. The Kier molecular flexibility index (Phi) is 9.06. The molecule has 0 spiro atoms. The molecule has 0 aromatic rings. The lowest BCUT2D eigenvalue weighted by Gasteiger charge is -2.18. The smallest absolute Gasteiger partial charge is 0.305 e. The molecule has 0 aliphatic rings. The largest absolute Gasteiger partial charge is 0.469 e. The molecule has 0 aliphatic heterocycles. The average molecular weight is 262 g/mol. The third-order valence-electron chi connectivity index (χ3n) is 2.34. The zero-order valence-corrected chi connectivity index (χ0v) is 12.1. The zero-order chi connectivity index (χ0) is 13.3. The Hall–Kier alpha value is -0.630. The first-order valence-corrected chi connectivity index (χ1v) is 7.75. The quantitative estimate of drug-likeness (QED) is 0.497. The summed E-state index contributed by atoms with van der Waals surface area (Å²) in [6.45, 7) is 4.32. The van der Waals surface area contributed by atoms with Crippen LogP contribution in [0.4, 0.5) is 0 Å². The van der Waals surface area contributed by atoms with Crippen LogP contribution >= 0.6 is 7.92 Å². The van der Waals surface area contributed by atoms with Crippen molar-refractivity contribution < 1.29 is 19.1 Å². The standard InChI is InChI=1S/C12H23O4P/c1-10(2)9-17(7-5-11(13)15-3)8-6-12(14)16-4/h10H,5-9H2,1-4H3. The average Bonchev–Trinajstić information content (AvgIpc) is 2.30. The summed E-state index contributed by atoms with van der Waals surface area (Å²) in [6, 6.07) is 0. The fourth-order valence-electron chi connectivity index (χ4n) is 1.51. The number of carbonyl (C=O) groups excluding carboxylic acids is 2. The van der Waals surface area contributed by atoms with Crippen LogP contribution in [-0.4, -0.2) is 44.6 Å². The number of carbonyl (C=O) groups is 2. The fourth-order valence-corrected chi connectivity index (χ4v) is 4.13. The predicted molar refractivity (Wildman–Crippen MR) is 69.6 cm³/mol. The van der Waals surface area contributed by atoms with Gasteiger partial charge in [0.2, 0.25) is 0 Å². The molecule has 4 nitrogen and oxygen atoms in total. The molecule has 0 fully saturated rings. The van der Waals surface area contributed by atoms with Crippen LogP contribution < -0.4 is 0 Å². The van der Waals surface area contributed by atoms with Crippen LogP contribution in [0.2, 0.25) is 0 Å². The maximum Gasteiger partial charge on any atom is 0.305 e. The number of ether oxygens (including phenoxy) is 2. The van der Waals surface area contributed by atoms with E-state index in [0.717, 1.165) is 18.5 Å². The van der Waals surface area contributed by atoms with Crippen molar-refractivity contribution in [3.05, 3.63) is 0 Å². The van der Waals surface area contributed by atoms with Gasteiger partial charge in [-0.2, -0.15) is 0 Å². The van der Waals surface area contributed by atoms with Crippen molar-refractivity contribution in [2.45, 2.75) is 26.7 Å². The molecule has 0 saturated carbocycles. The lowest BCUT2D eigenvalue weighted by atomic mass is 10.3. The summed E-state index contributed by atoms with van der Waals surface area (Å²) in [5.41, 5.74) is 0. The number of methoxy groups -OCH3 is 2. The Morgan fingerprint density at radius 1 is 1.00 bits per heavy atom. The summed E-state index contributed by atoms with van der Waals surface area (Å²) in [7, 11) is 2.53. The minimum absolute atomic E-state index is 0.167.